The van der Waals surface area contributed by atoms with Crippen molar-refractivity contribution in [1.29, 1.82) is 0 Å². The fraction of sp³-hybridized carbons (Fsp3) is 0.200. The van der Waals surface area contributed by atoms with Crippen molar-refractivity contribution in [3.63, 3.8) is 0 Å². The third-order valence-corrected chi connectivity index (χ3v) is 6.30. The number of piperazine rings is 1. The van der Waals surface area contributed by atoms with Gasteiger partial charge in [-0.05, 0) is 76.6 Å². The molecule has 1 aliphatic rings. The summed E-state index contributed by atoms with van der Waals surface area (Å²) >= 11 is 3.39. The van der Waals surface area contributed by atoms with E-state index < -0.39 is 0 Å². The van der Waals surface area contributed by atoms with Crippen LogP contribution in [0, 0.1) is 11.6 Å². The van der Waals surface area contributed by atoms with Gasteiger partial charge in [0.15, 0.2) is 11.6 Å². The fourth-order valence-electron chi connectivity index (χ4n) is 3.95. The van der Waals surface area contributed by atoms with E-state index in [-0.39, 0.29) is 24.1 Å². The minimum absolute atomic E-state index is 0.0164. The van der Waals surface area contributed by atoms with Gasteiger partial charge in [0.1, 0.15) is 24.0 Å². The molecule has 1 aliphatic heterocycles. The first-order valence-corrected chi connectivity index (χ1v) is 11.9. The van der Waals surface area contributed by atoms with Gasteiger partial charge in [-0.15, -0.1) is 5.10 Å². The predicted octanol–water partition coefficient (Wildman–Crippen LogP) is 4.40. The molecule has 2 aromatic carbocycles. The highest BCUT2D eigenvalue weighted by molar-refractivity contribution is 9.10. The largest absolute Gasteiger partial charge is 0.353 e. The molecule has 1 fully saturated rings. The number of hydrogen-bond acceptors (Lipinski definition) is 5. The van der Waals surface area contributed by atoms with Crippen LogP contribution in [0.5, 0.6) is 0 Å². The molecule has 2 aromatic heterocycles. The van der Waals surface area contributed by atoms with E-state index in [1.807, 2.05) is 12.1 Å². The first-order chi connectivity index (χ1) is 17.0. The molecule has 7 nitrogen and oxygen atoms in total. The van der Waals surface area contributed by atoms with Crippen molar-refractivity contribution >= 4 is 27.7 Å². The minimum Gasteiger partial charge on any atom is -0.353 e. The molecular formula is C25H21BrF2N6O. The number of pyridine rings is 1. The first kappa shape index (κ1) is 23.1. The van der Waals surface area contributed by atoms with Crippen molar-refractivity contribution in [2.24, 2.45) is 0 Å². The zero-order valence-electron chi connectivity index (χ0n) is 18.6. The Kier molecular flexibility index (Phi) is 6.54. The van der Waals surface area contributed by atoms with Crippen LogP contribution in [0.3, 0.4) is 0 Å². The number of rotatable bonds is 5. The monoisotopic (exact) mass is 538 g/mol. The van der Waals surface area contributed by atoms with E-state index in [2.05, 4.69) is 35.9 Å². The Labute approximate surface area is 209 Å². The summed E-state index contributed by atoms with van der Waals surface area (Å²) in [4.78, 5) is 26.1. The van der Waals surface area contributed by atoms with Gasteiger partial charge in [-0.3, -0.25) is 4.79 Å². The van der Waals surface area contributed by atoms with Crippen molar-refractivity contribution in [3.05, 3.63) is 83.0 Å². The second kappa shape index (κ2) is 9.91. The van der Waals surface area contributed by atoms with Gasteiger partial charge < -0.3 is 9.80 Å². The molecule has 0 aliphatic carbocycles. The number of carbonyl (C=O) groups is 1. The van der Waals surface area contributed by atoms with Crippen LogP contribution >= 0.6 is 15.9 Å². The van der Waals surface area contributed by atoms with Gasteiger partial charge in [-0.1, -0.05) is 0 Å². The summed E-state index contributed by atoms with van der Waals surface area (Å²) in [5, 5.41) is 4.53. The quantitative estimate of drug-likeness (QED) is 0.377. The van der Waals surface area contributed by atoms with Gasteiger partial charge in [0.2, 0.25) is 5.91 Å². The second-order valence-corrected chi connectivity index (χ2v) is 9.05. The molecule has 0 spiro atoms. The van der Waals surface area contributed by atoms with E-state index in [1.165, 1.54) is 28.9 Å². The lowest BCUT2D eigenvalue weighted by atomic mass is 10.2. The predicted molar refractivity (Wildman–Crippen MR) is 132 cm³/mol. The maximum atomic E-state index is 13.5. The normalized spacial score (nSPS) is 13.8. The van der Waals surface area contributed by atoms with Crippen molar-refractivity contribution < 1.29 is 13.6 Å². The van der Waals surface area contributed by atoms with Crippen LogP contribution in [-0.2, 0) is 11.3 Å². The topological polar surface area (TPSA) is 67.2 Å². The smallest absolute Gasteiger partial charge is 0.244 e. The SMILES string of the molecule is O=C(Cn1nc(-c2ccc(F)cc2)nc1-c1ccc(F)cc1)N1CCN(c2ccc(Br)cn2)CC1. The van der Waals surface area contributed by atoms with Crippen LogP contribution in [0.25, 0.3) is 22.8 Å². The molecule has 4 aromatic rings. The Bertz CT molecular complexity index is 1320. The number of benzene rings is 2. The summed E-state index contributed by atoms with van der Waals surface area (Å²) in [7, 11) is 0. The molecule has 1 saturated heterocycles. The number of anilines is 1. The highest BCUT2D eigenvalue weighted by atomic mass is 79.9. The fourth-order valence-corrected chi connectivity index (χ4v) is 4.19. The van der Waals surface area contributed by atoms with Crippen LogP contribution in [-0.4, -0.2) is 56.7 Å². The summed E-state index contributed by atoms with van der Waals surface area (Å²) in [6, 6.07) is 15.6. The van der Waals surface area contributed by atoms with Crippen LogP contribution < -0.4 is 4.90 Å². The Hall–Kier alpha value is -3.66. The summed E-state index contributed by atoms with van der Waals surface area (Å²) < 4.78 is 29.3. The lowest BCUT2D eigenvalue weighted by molar-refractivity contribution is -0.132. The van der Waals surface area contributed by atoms with Gasteiger partial charge >= 0.3 is 0 Å². The van der Waals surface area contributed by atoms with E-state index >= 15 is 0 Å². The molecule has 0 unspecified atom stereocenters. The van der Waals surface area contributed by atoms with Crippen molar-refractivity contribution in [1.82, 2.24) is 24.6 Å². The van der Waals surface area contributed by atoms with Gasteiger partial charge in [-0.25, -0.2) is 23.4 Å². The molecule has 0 radical (unpaired) electrons. The Morgan fingerprint density at radius 2 is 1.49 bits per heavy atom. The van der Waals surface area contributed by atoms with Crippen molar-refractivity contribution in [2.75, 3.05) is 31.1 Å². The molecule has 0 N–H and O–H groups in total. The maximum absolute atomic E-state index is 13.5. The number of nitrogens with zero attached hydrogens (tertiary/aromatic N) is 6. The Balaban J connectivity index is 1.34. The second-order valence-electron chi connectivity index (χ2n) is 8.13. The molecule has 10 heteroatoms. The molecule has 0 atom stereocenters. The van der Waals surface area contributed by atoms with Gasteiger partial charge in [-0.2, -0.15) is 0 Å². The third kappa shape index (κ3) is 5.22. The zero-order chi connectivity index (χ0) is 24.4. The van der Waals surface area contributed by atoms with Gasteiger partial charge in [0, 0.05) is 48.0 Å². The lowest BCUT2D eigenvalue weighted by Gasteiger charge is -2.35. The first-order valence-electron chi connectivity index (χ1n) is 11.1. The van der Waals surface area contributed by atoms with E-state index in [9.17, 15) is 13.6 Å². The van der Waals surface area contributed by atoms with Crippen LogP contribution in [0.15, 0.2) is 71.3 Å². The molecule has 5 rings (SSSR count). The van der Waals surface area contributed by atoms with Crippen LogP contribution in [0.1, 0.15) is 0 Å². The molecule has 1 amide bonds. The molecule has 178 valence electrons. The van der Waals surface area contributed by atoms with E-state index in [1.54, 1.807) is 35.4 Å². The van der Waals surface area contributed by atoms with E-state index in [0.717, 1.165) is 10.3 Å². The average molecular weight is 539 g/mol. The highest BCUT2D eigenvalue weighted by Gasteiger charge is 2.24. The zero-order valence-corrected chi connectivity index (χ0v) is 20.2. The molecule has 0 saturated carbocycles. The maximum Gasteiger partial charge on any atom is 0.244 e. The summed E-state index contributed by atoms with van der Waals surface area (Å²) in [6.07, 6.45) is 1.76. The average Bonchev–Trinajstić information content (AvgIpc) is 3.29. The summed E-state index contributed by atoms with van der Waals surface area (Å²) in [5.74, 6) is 0.859. The molecule has 0 bridgehead atoms. The van der Waals surface area contributed by atoms with Gasteiger partial charge in [0.05, 0.1) is 0 Å². The molecular weight excluding hydrogens is 518 g/mol. The van der Waals surface area contributed by atoms with E-state index in [0.29, 0.717) is 49.0 Å². The van der Waals surface area contributed by atoms with Gasteiger partial charge in [0.25, 0.3) is 0 Å². The van der Waals surface area contributed by atoms with E-state index in [4.69, 9.17) is 0 Å². The number of aromatic nitrogens is 4. The number of hydrogen-bond donors (Lipinski definition) is 0. The molecule has 3 heterocycles. The van der Waals surface area contributed by atoms with Crippen LogP contribution in [0.4, 0.5) is 14.6 Å². The van der Waals surface area contributed by atoms with Crippen molar-refractivity contribution in [2.45, 2.75) is 6.54 Å². The number of carbonyl (C=O) groups excluding carboxylic acids is 1. The Morgan fingerprint density at radius 3 is 2.09 bits per heavy atom. The summed E-state index contributed by atoms with van der Waals surface area (Å²) in [5.41, 5.74) is 1.25. The highest BCUT2D eigenvalue weighted by Crippen LogP contribution is 2.24. The molecule has 35 heavy (non-hydrogen) atoms. The Morgan fingerprint density at radius 1 is 0.857 bits per heavy atom. The number of amides is 1. The number of halogens is 3. The minimum atomic E-state index is -0.368. The van der Waals surface area contributed by atoms with Crippen molar-refractivity contribution in [3.8, 4) is 22.8 Å². The standard InChI is InChI=1S/C25H21BrF2N6O/c26-19-5-10-22(29-15-19)32-11-13-33(14-12-32)23(35)16-34-25(18-3-8-21(28)9-4-18)30-24(31-34)17-1-6-20(27)7-2-17/h1-10,15H,11-14,16H2. The summed E-state index contributed by atoms with van der Waals surface area (Å²) in [6.45, 7) is 2.44. The lowest BCUT2D eigenvalue weighted by Crippen LogP contribution is -2.50. The third-order valence-electron chi connectivity index (χ3n) is 5.83. The van der Waals surface area contributed by atoms with Crippen LogP contribution in [0.2, 0.25) is 0 Å².